The SMILES string of the molecule is CC(C)Oc1cc(CNc2ncccc2C(=O)N(C)[C@@H](C)c2ccccc2)cc(-c2c[nH]c3ncc(C(=O)NC4CC4)cc23)c1. The van der Waals surface area contributed by atoms with Gasteiger partial charge in [-0.3, -0.25) is 9.59 Å². The number of hydrogen-bond donors (Lipinski definition) is 3. The number of anilines is 1. The average Bonchev–Trinajstić information content (AvgIpc) is 3.77. The summed E-state index contributed by atoms with van der Waals surface area (Å²) < 4.78 is 6.14. The first-order valence-corrected chi connectivity index (χ1v) is 15.4. The molecule has 5 aromatic rings. The number of aromatic amines is 1. The molecule has 9 nitrogen and oxygen atoms in total. The Hall–Kier alpha value is -5.18. The Bertz CT molecular complexity index is 1830. The van der Waals surface area contributed by atoms with E-state index in [-0.39, 0.29) is 30.0 Å². The Morgan fingerprint density at radius 3 is 2.58 bits per heavy atom. The fraction of sp³-hybridized carbons (Fsp3) is 0.278. The molecule has 2 amide bonds. The van der Waals surface area contributed by atoms with Gasteiger partial charge in [0.2, 0.25) is 0 Å². The highest BCUT2D eigenvalue weighted by atomic mass is 16.5. The van der Waals surface area contributed by atoms with E-state index in [1.165, 1.54) is 0 Å². The quantitative estimate of drug-likeness (QED) is 0.154. The van der Waals surface area contributed by atoms with Gasteiger partial charge in [-0.05, 0) is 86.7 Å². The minimum absolute atomic E-state index is 0.0226. The number of amides is 2. The smallest absolute Gasteiger partial charge is 0.257 e. The summed E-state index contributed by atoms with van der Waals surface area (Å²) in [6, 6.07) is 21.7. The largest absolute Gasteiger partial charge is 0.491 e. The van der Waals surface area contributed by atoms with Crippen molar-refractivity contribution in [1.82, 2.24) is 25.2 Å². The van der Waals surface area contributed by atoms with E-state index in [0.717, 1.165) is 46.2 Å². The zero-order valence-corrected chi connectivity index (χ0v) is 26.0. The number of benzene rings is 2. The van der Waals surface area contributed by atoms with Crippen LogP contribution < -0.4 is 15.4 Å². The van der Waals surface area contributed by atoms with Crippen molar-refractivity contribution in [1.29, 1.82) is 0 Å². The van der Waals surface area contributed by atoms with Gasteiger partial charge in [0.05, 0.1) is 23.3 Å². The summed E-state index contributed by atoms with van der Waals surface area (Å²) in [7, 11) is 1.81. The van der Waals surface area contributed by atoms with E-state index < -0.39 is 0 Å². The highest BCUT2D eigenvalue weighted by Gasteiger charge is 2.25. The number of carbonyl (C=O) groups excluding carboxylic acids is 2. The zero-order chi connectivity index (χ0) is 31.5. The Balaban J connectivity index is 1.27. The summed E-state index contributed by atoms with van der Waals surface area (Å²) in [6.45, 7) is 6.40. The van der Waals surface area contributed by atoms with Crippen molar-refractivity contribution < 1.29 is 14.3 Å². The van der Waals surface area contributed by atoms with Crippen molar-refractivity contribution >= 4 is 28.7 Å². The van der Waals surface area contributed by atoms with Crippen LogP contribution in [0.1, 0.15) is 71.5 Å². The van der Waals surface area contributed by atoms with Gasteiger partial charge >= 0.3 is 0 Å². The molecule has 6 rings (SSSR count). The molecule has 0 saturated heterocycles. The molecular formula is C36H38N6O3. The van der Waals surface area contributed by atoms with Gasteiger partial charge in [0.15, 0.2) is 0 Å². The van der Waals surface area contributed by atoms with Crippen LogP contribution in [0.4, 0.5) is 5.82 Å². The van der Waals surface area contributed by atoms with Gasteiger partial charge in [-0.1, -0.05) is 30.3 Å². The monoisotopic (exact) mass is 602 g/mol. The summed E-state index contributed by atoms with van der Waals surface area (Å²) in [4.78, 5) is 40.4. The third-order valence-electron chi connectivity index (χ3n) is 8.04. The lowest BCUT2D eigenvalue weighted by Gasteiger charge is -2.26. The average molecular weight is 603 g/mol. The first-order valence-electron chi connectivity index (χ1n) is 15.4. The molecule has 1 fully saturated rings. The topological polar surface area (TPSA) is 112 Å². The first kappa shape index (κ1) is 29.9. The molecule has 0 radical (unpaired) electrons. The van der Waals surface area contributed by atoms with Crippen LogP contribution in [0.5, 0.6) is 5.75 Å². The molecule has 1 saturated carbocycles. The van der Waals surface area contributed by atoms with E-state index in [9.17, 15) is 9.59 Å². The molecule has 1 aliphatic rings. The number of rotatable bonds is 11. The molecular weight excluding hydrogens is 564 g/mol. The van der Waals surface area contributed by atoms with Crippen molar-refractivity contribution in [3.8, 4) is 16.9 Å². The second-order valence-corrected chi connectivity index (χ2v) is 11.9. The second kappa shape index (κ2) is 12.8. The first-order chi connectivity index (χ1) is 21.8. The molecule has 3 heterocycles. The molecule has 45 heavy (non-hydrogen) atoms. The summed E-state index contributed by atoms with van der Waals surface area (Å²) in [5.74, 6) is 1.00. The Kier molecular flexibility index (Phi) is 8.51. The minimum atomic E-state index is -0.118. The van der Waals surface area contributed by atoms with E-state index in [4.69, 9.17) is 4.74 Å². The second-order valence-electron chi connectivity index (χ2n) is 11.9. The molecule has 2 aromatic carbocycles. The van der Waals surface area contributed by atoms with E-state index >= 15 is 0 Å². The van der Waals surface area contributed by atoms with Crippen LogP contribution in [0.2, 0.25) is 0 Å². The maximum absolute atomic E-state index is 13.6. The number of carbonyl (C=O) groups is 2. The Morgan fingerprint density at radius 1 is 1.02 bits per heavy atom. The lowest BCUT2D eigenvalue weighted by molar-refractivity contribution is 0.0743. The van der Waals surface area contributed by atoms with Crippen molar-refractivity contribution in [3.63, 3.8) is 0 Å². The van der Waals surface area contributed by atoms with Gasteiger partial charge in [-0.15, -0.1) is 0 Å². The fourth-order valence-electron chi connectivity index (χ4n) is 5.35. The maximum Gasteiger partial charge on any atom is 0.257 e. The third-order valence-corrected chi connectivity index (χ3v) is 8.04. The van der Waals surface area contributed by atoms with Crippen molar-refractivity contribution in [3.05, 3.63) is 108 Å². The van der Waals surface area contributed by atoms with Gasteiger partial charge < -0.3 is 25.3 Å². The van der Waals surface area contributed by atoms with Crippen molar-refractivity contribution in [2.24, 2.45) is 0 Å². The molecule has 3 aromatic heterocycles. The van der Waals surface area contributed by atoms with Crippen LogP contribution in [0.15, 0.2) is 85.3 Å². The van der Waals surface area contributed by atoms with Crippen LogP contribution in [-0.2, 0) is 6.54 Å². The van der Waals surface area contributed by atoms with Gasteiger partial charge in [-0.25, -0.2) is 9.97 Å². The van der Waals surface area contributed by atoms with Crippen molar-refractivity contribution in [2.45, 2.75) is 58.3 Å². The van der Waals surface area contributed by atoms with Crippen LogP contribution in [0, 0.1) is 0 Å². The number of nitrogens with one attached hydrogen (secondary N) is 3. The van der Waals surface area contributed by atoms with Gasteiger partial charge in [0.25, 0.3) is 11.8 Å². The van der Waals surface area contributed by atoms with E-state index in [1.807, 2.05) is 82.5 Å². The number of fused-ring (bicyclic) bond motifs is 1. The maximum atomic E-state index is 13.6. The Morgan fingerprint density at radius 2 is 1.82 bits per heavy atom. The molecule has 3 N–H and O–H groups in total. The van der Waals surface area contributed by atoms with Crippen LogP contribution in [-0.4, -0.2) is 50.9 Å². The number of nitrogens with zero attached hydrogens (tertiary/aromatic N) is 3. The lowest BCUT2D eigenvalue weighted by atomic mass is 10.0. The predicted molar refractivity (Wildman–Crippen MR) is 176 cm³/mol. The predicted octanol–water partition coefficient (Wildman–Crippen LogP) is 6.75. The third kappa shape index (κ3) is 6.82. The van der Waals surface area contributed by atoms with E-state index in [0.29, 0.717) is 29.1 Å². The zero-order valence-electron chi connectivity index (χ0n) is 26.0. The van der Waals surface area contributed by atoms with Gasteiger partial charge in [-0.2, -0.15) is 0 Å². The van der Waals surface area contributed by atoms with E-state index in [2.05, 4.69) is 31.7 Å². The van der Waals surface area contributed by atoms with Crippen LogP contribution in [0.3, 0.4) is 0 Å². The van der Waals surface area contributed by atoms with Crippen LogP contribution >= 0.6 is 0 Å². The van der Waals surface area contributed by atoms with Gasteiger partial charge in [0.1, 0.15) is 17.2 Å². The lowest BCUT2D eigenvalue weighted by Crippen LogP contribution is -2.30. The van der Waals surface area contributed by atoms with Crippen molar-refractivity contribution in [2.75, 3.05) is 12.4 Å². The summed E-state index contributed by atoms with van der Waals surface area (Å²) in [5.41, 5.74) is 5.58. The minimum Gasteiger partial charge on any atom is -0.491 e. The molecule has 0 unspecified atom stereocenters. The summed E-state index contributed by atoms with van der Waals surface area (Å²) in [6.07, 6.45) is 7.22. The summed E-state index contributed by atoms with van der Waals surface area (Å²) in [5, 5.41) is 7.29. The van der Waals surface area contributed by atoms with Gasteiger partial charge in [0, 0.05) is 49.2 Å². The molecule has 230 valence electrons. The number of hydrogen-bond acceptors (Lipinski definition) is 6. The highest BCUT2D eigenvalue weighted by Crippen LogP contribution is 2.33. The number of ether oxygens (including phenoxy) is 1. The fourth-order valence-corrected chi connectivity index (χ4v) is 5.35. The number of pyridine rings is 2. The molecule has 1 aliphatic carbocycles. The highest BCUT2D eigenvalue weighted by molar-refractivity contribution is 6.01. The molecule has 1 atom stereocenters. The molecule has 0 aliphatic heterocycles. The normalized spacial score (nSPS) is 13.4. The Labute approximate surface area is 263 Å². The number of aromatic nitrogens is 3. The summed E-state index contributed by atoms with van der Waals surface area (Å²) >= 11 is 0. The molecule has 0 spiro atoms. The number of H-pyrrole nitrogens is 1. The van der Waals surface area contributed by atoms with Crippen LogP contribution in [0.25, 0.3) is 22.2 Å². The van der Waals surface area contributed by atoms with E-state index in [1.54, 1.807) is 29.4 Å². The molecule has 0 bridgehead atoms. The molecule has 9 heteroatoms. The standard InChI is InChI=1S/C36H38N6O3/c1-22(2)45-29-16-24(15-26(17-29)32-21-40-34-31(32)18-27(20-39-34)35(43)41-28-12-13-28)19-38-33-30(11-8-14-37-33)36(44)42(4)23(3)25-9-6-5-7-10-25/h5-11,14-18,20-23,28H,12-13,19H2,1-4H3,(H,37,38)(H,39,40)(H,41,43)/t23-/m0/s1.